The summed E-state index contributed by atoms with van der Waals surface area (Å²) in [6.45, 7) is 0. The number of hydrogen-bond donors (Lipinski definition) is 1. The molecule has 3 aromatic heterocycles. The second-order valence-electron chi connectivity index (χ2n) is 2.59. The lowest BCUT2D eigenvalue weighted by Gasteiger charge is -1.91. The monoisotopic (exact) mass is 192 g/mol. The van der Waals surface area contributed by atoms with Gasteiger partial charge >= 0.3 is 5.69 Å². The van der Waals surface area contributed by atoms with E-state index in [1.807, 2.05) is 11.4 Å². The Morgan fingerprint density at radius 2 is 2.46 bits per heavy atom. The molecule has 3 aromatic rings. The van der Waals surface area contributed by atoms with Gasteiger partial charge in [-0.2, -0.15) is 9.61 Å². The molecule has 3 heterocycles. The lowest BCUT2D eigenvalue weighted by Crippen LogP contribution is -2.16. The number of hydrogen-bond acceptors (Lipinski definition) is 4. The number of fused-ring (bicyclic) bond motifs is 3. The Kier molecular flexibility index (Phi) is 1.13. The Balaban J connectivity index is 2.79. The molecule has 0 spiro atoms. The van der Waals surface area contributed by atoms with Crippen LogP contribution in [0, 0.1) is 0 Å². The SMILES string of the molecule is O=c1[nH]c2ccsc2c2ncnn12. The zero-order chi connectivity index (χ0) is 8.84. The molecule has 3 rings (SSSR count). The summed E-state index contributed by atoms with van der Waals surface area (Å²) in [6, 6.07) is 1.86. The minimum absolute atomic E-state index is 0.251. The van der Waals surface area contributed by atoms with Crippen molar-refractivity contribution in [2.45, 2.75) is 0 Å². The van der Waals surface area contributed by atoms with Gasteiger partial charge in [0.05, 0.1) is 10.2 Å². The quantitative estimate of drug-likeness (QED) is 0.568. The number of aromatic nitrogens is 4. The Bertz CT molecular complexity index is 634. The highest BCUT2D eigenvalue weighted by atomic mass is 32.1. The van der Waals surface area contributed by atoms with Crippen molar-refractivity contribution in [3.8, 4) is 0 Å². The van der Waals surface area contributed by atoms with Gasteiger partial charge in [-0.1, -0.05) is 0 Å². The van der Waals surface area contributed by atoms with E-state index in [1.54, 1.807) is 0 Å². The van der Waals surface area contributed by atoms with Crippen LogP contribution in [0.2, 0.25) is 0 Å². The molecule has 0 radical (unpaired) electrons. The largest absolute Gasteiger partial charge is 0.348 e. The summed E-state index contributed by atoms with van der Waals surface area (Å²) in [4.78, 5) is 18.1. The van der Waals surface area contributed by atoms with Gasteiger partial charge in [-0.05, 0) is 11.4 Å². The second-order valence-corrected chi connectivity index (χ2v) is 3.51. The average Bonchev–Trinajstić information content (AvgIpc) is 2.66. The predicted octanol–water partition coefficient (Wildman–Crippen LogP) is 0.632. The van der Waals surface area contributed by atoms with E-state index in [-0.39, 0.29) is 5.69 Å². The van der Waals surface area contributed by atoms with Gasteiger partial charge < -0.3 is 4.98 Å². The van der Waals surface area contributed by atoms with Crippen LogP contribution in [0.5, 0.6) is 0 Å². The first-order valence-corrected chi connectivity index (χ1v) is 4.53. The van der Waals surface area contributed by atoms with E-state index in [2.05, 4.69) is 15.1 Å². The van der Waals surface area contributed by atoms with Crippen LogP contribution in [0.15, 0.2) is 22.6 Å². The summed E-state index contributed by atoms with van der Waals surface area (Å²) < 4.78 is 2.22. The molecule has 0 aliphatic carbocycles. The molecule has 0 aliphatic rings. The molecule has 1 N–H and O–H groups in total. The van der Waals surface area contributed by atoms with Gasteiger partial charge in [-0.15, -0.1) is 11.3 Å². The molecule has 0 aromatic carbocycles. The zero-order valence-electron chi connectivity index (χ0n) is 6.39. The second kappa shape index (κ2) is 2.17. The topological polar surface area (TPSA) is 63.0 Å². The molecule has 64 valence electrons. The molecule has 0 saturated heterocycles. The van der Waals surface area contributed by atoms with Crippen molar-refractivity contribution in [3.05, 3.63) is 28.3 Å². The van der Waals surface area contributed by atoms with Crippen molar-refractivity contribution < 1.29 is 0 Å². The Morgan fingerprint density at radius 3 is 3.38 bits per heavy atom. The third kappa shape index (κ3) is 0.775. The van der Waals surface area contributed by atoms with Gasteiger partial charge in [0, 0.05) is 0 Å². The number of rotatable bonds is 0. The molecular weight excluding hydrogens is 188 g/mol. The fourth-order valence-electron chi connectivity index (χ4n) is 1.29. The summed E-state index contributed by atoms with van der Waals surface area (Å²) >= 11 is 1.54. The van der Waals surface area contributed by atoms with Crippen molar-refractivity contribution >= 4 is 27.2 Å². The standard InChI is InChI=1S/C7H4N4OS/c12-7-10-4-1-2-13-5(4)6-8-3-9-11(6)7/h1-3H,(H,10,12). The number of thiophene rings is 1. The number of H-pyrrole nitrogens is 1. The van der Waals surface area contributed by atoms with Gasteiger partial charge in [-0.3, -0.25) is 0 Å². The molecule has 0 unspecified atom stereocenters. The highest BCUT2D eigenvalue weighted by Crippen LogP contribution is 2.20. The van der Waals surface area contributed by atoms with Crippen LogP contribution >= 0.6 is 11.3 Å². The lowest BCUT2D eigenvalue weighted by atomic mass is 10.5. The molecule has 5 nitrogen and oxygen atoms in total. The van der Waals surface area contributed by atoms with Crippen LogP contribution in [0.4, 0.5) is 0 Å². The van der Waals surface area contributed by atoms with Gasteiger partial charge in [0.25, 0.3) is 0 Å². The van der Waals surface area contributed by atoms with Crippen molar-refractivity contribution in [2.75, 3.05) is 0 Å². The molecule has 0 aliphatic heterocycles. The van der Waals surface area contributed by atoms with Crippen molar-refractivity contribution in [1.29, 1.82) is 0 Å². The maximum absolute atomic E-state index is 11.4. The molecule has 13 heavy (non-hydrogen) atoms. The summed E-state index contributed by atoms with van der Waals surface area (Å²) in [5.41, 5.74) is 1.18. The van der Waals surface area contributed by atoms with Crippen LogP contribution < -0.4 is 5.69 Å². The highest BCUT2D eigenvalue weighted by Gasteiger charge is 2.06. The maximum Gasteiger partial charge on any atom is 0.348 e. The summed E-state index contributed by atoms with van der Waals surface area (Å²) in [5.74, 6) is 0. The number of aromatic amines is 1. The van der Waals surface area contributed by atoms with Crippen molar-refractivity contribution in [2.24, 2.45) is 0 Å². The van der Waals surface area contributed by atoms with E-state index >= 15 is 0 Å². The molecular formula is C7H4N4OS. The van der Waals surface area contributed by atoms with Crippen LogP contribution in [-0.4, -0.2) is 19.6 Å². The van der Waals surface area contributed by atoms with Gasteiger partial charge in [0.1, 0.15) is 6.33 Å². The first-order valence-electron chi connectivity index (χ1n) is 3.65. The smallest absolute Gasteiger partial charge is 0.304 e. The minimum Gasteiger partial charge on any atom is -0.304 e. The molecule has 0 bridgehead atoms. The molecule has 0 fully saturated rings. The fourth-order valence-corrected chi connectivity index (χ4v) is 2.12. The summed E-state index contributed by atoms with van der Waals surface area (Å²) in [5, 5.41) is 5.73. The van der Waals surface area contributed by atoms with E-state index in [9.17, 15) is 4.79 Å². The van der Waals surface area contributed by atoms with Crippen LogP contribution in [0.1, 0.15) is 0 Å². The summed E-state index contributed by atoms with van der Waals surface area (Å²) in [6.07, 6.45) is 1.38. The van der Waals surface area contributed by atoms with Crippen molar-refractivity contribution in [3.63, 3.8) is 0 Å². The van der Waals surface area contributed by atoms with Crippen LogP contribution in [0.25, 0.3) is 15.9 Å². The van der Waals surface area contributed by atoms with E-state index in [0.717, 1.165) is 10.2 Å². The zero-order valence-corrected chi connectivity index (χ0v) is 7.21. The van der Waals surface area contributed by atoms with E-state index in [0.29, 0.717) is 5.65 Å². The van der Waals surface area contributed by atoms with Gasteiger partial charge in [0.15, 0.2) is 5.65 Å². The lowest BCUT2D eigenvalue weighted by molar-refractivity contribution is 0.883. The van der Waals surface area contributed by atoms with E-state index in [1.165, 1.54) is 22.2 Å². The third-order valence-electron chi connectivity index (χ3n) is 1.85. The molecule has 6 heteroatoms. The maximum atomic E-state index is 11.4. The van der Waals surface area contributed by atoms with Crippen LogP contribution in [-0.2, 0) is 0 Å². The first-order chi connectivity index (χ1) is 6.36. The Morgan fingerprint density at radius 1 is 1.54 bits per heavy atom. The number of nitrogens with zero attached hydrogens (tertiary/aromatic N) is 3. The third-order valence-corrected chi connectivity index (χ3v) is 2.76. The number of nitrogens with one attached hydrogen (secondary N) is 1. The minimum atomic E-state index is -0.251. The van der Waals surface area contributed by atoms with Gasteiger partial charge in [-0.25, -0.2) is 9.78 Å². The van der Waals surface area contributed by atoms with E-state index in [4.69, 9.17) is 0 Å². The van der Waals surface area contributed by atoms with E-state index < -0.39 is 0 Å². The first kappa shape index (κ1) is 6.79. The normalized spacial score (nSPS) is 11.4. The predicted molar refractivity (Wildman–Crippen MR) is 49.0 cm³/mol. The Hall–Kier alpha value is -1.69. The average molecular weight is 192 g/mol. The molecule has 0 amide bonds. The summed E-state index contributed by atoms with van der Waals surface area (Å²) in [7, 11) is 0. The Labute approximate surface area is 75.7 Å². The van der Waals surface area contributed by atoms with Gasteiger partial charge in [0.2, 0.25) is 0 Å². The fraction of sp³-hybridized carbons (Fsp3) is 0. The van der Waals surface area contributed by atoms with Crippen LogP contribution in [0.3, 0.4) is 0 Å². The van der Waals surface area contributed by atoms with Crippen molar-refractivity contribution in [1.82, 2.24) is 19.6 Å². The molecule has 0 atom stereocenters. The highest BCUT2D eigenvalue weighted by molar-refractivity contribution is 7.17. The molecule has 0 saturated carbocycles.